The van der Waals surface area contributed by atoms with Crippen LogP contribution >= 0.6 is 15.9 Å². The van der Waals surface area contributed by atoms with Crippen LogP contribution in [0.2, 0.25) is 0 Å². The zero-order chi connectivity index (χ0) is 11.7. The van der Waals surface area contributed by atoms with Gasteiger partial charge in [-0.15, -0.1) is 0 Å². The van der Waals surface area contributed by atoms with Crippen LogP contribution in [0.15, 0.2) is 0 Å². The van der Waals surface area contributed by atoms with E-state index in [1.807, 2.05) is 0 Å². The molecule has 0 heterocycles. The zero-order valence-electron chi connectivity index (χ0n) is 9.54. The van der Waals surface area contributed by atoms with E-state index in [9.17, 15) is 8.42 Å². The van der Waals surface area contributed by atoms with E-state index in [-0.39, 0.29) is 5.75 Å². The SMILES string of the molecule is COCCCS(=O)(=O)CCC(C)CCBr. The van der Waals surface area contributed by atoms with Gasteiger partial charge in [0, 0.05) is 19.0 Å². The Balaban J connectivity index is 3.73. The predicted molar refractivity (Wildman–Crippen MR) is 67.3 cm³/mol. The van der Waals surface area contributed by atoms with Gasteiger partial charge in [0.05, 0.1) is 11.5 Å². The Labute approximate surface area is 102 Å². The molecule has 0 rings (SSSR count). The van der Waals surface area contributed by atoms with Crippen LogP contribution in [0.25, 0.3) is 0 Å². The van der Waals surface area contributed by atoms with Crippen LogP contribution in [0.4, 0.5) is 0 Å². The second kappa shape index (κ2) is 8.53. The third kappa shape index (κ3) is 9.33. The lowest BCUT2D eigenvalue weighted by Gasteiger charge is -2.09. The van der Waals surface area contributed by atoms with Crippen molar-refractivity contribution in [2.45, 2.75) is 26.2 Å². The van der Waals surface area contributed by atoms with Gasteiger partial charge < -0.3 is 4.74 Å². The molecular formula is C10H21BrO3S. The van der Waals surface area contributed by atoms with Crippen molar-refractivity contribution in [2.24, 2.45) is 5.92 Å². The molecule has 0 aromatic carbocycles. The molecule has 5 heteroatoms. The Morgan fingerprint density at radius 1 is 1.27 bits per heavy atom. The maximum atomic E-state index is 11.5. The van der Waals surface area contributed by atoms with Crippen LogP contribution in [0, 0.1) is 5.92 Å². The Kier molecular flexibility index (Phi) is 8.75. The molecule has 1 atom stereocenters. The summed E-state index contributed by atoms with van der Waals surface area (Å²) < 4.78 is 27.9. The maximum Gasteiger partial charge on any atom is 0.150 e. The molecule has 1 unspecified atom stereocenters. The minimum absolute atomic E-state index is 0.252. The van der Waals surface area contributed by atoms with Gasteiger partial charge in [0.2, 0.25) is 0 Å². The van der Waals surface area contributed by atoms with Gasteiger partial charge in [0.25, 0.3) is 0 Å². The summed E-state index contributed by atoms with van der Waals surface area (Å²) >= 11 is 3.36. The second-order valence-electron chi connectivity index (χ2n) is 3.87. The largest absolute Gasteiger partial charge is 0.385 e. The van der Waals surface area contributed by atoms with E-state index in [0.29, 0.717) is 24.7 Å². The molecule has 0 radical (unpaired) electrons. The molecule has 3 nitrogen and oxygen atoms in total. The van der Waals surface area contributed by atoms with E-state index >= 15 is 0 Å². The average Bonchev–Trinajstić information content (AvgIpc) is 2.16. The van der Waals surface area contributed by atoms with Crippen LogP contribution in [0.3, 0.4) is 0 Å². The molecule has 0 aliphatic rings. The molecular weight excluding hydrogens is 280 g/mol. The molecule has 0 aromatic rings. The Hall–Kier alpha value is 0.390. The Morgan fingerprint density at radius 2 is 1.93 bits per heavy atom. The average molecular weight is 301 g/mol. The summed E-state index contributed by atoms with van der Waals surface area (Å²) in [7, 11) is -1.27. The van der Waals surface area contributed by atoms with E-state index in [2.05, 4.69) is 22.9 Å². The van der Waals surface area contributed by atoms with E-state index in [0.717, 1.165) is 18.2 Å². The maximum absolute atomic E-state index is 11.5. The highest BCUT2D eigenvalue weighted by Gasteiger charge is 2.12. The van der Waals surface area contributed by atoms with Crippen molar-refractivity contribution in [3.63, 3.8) is 0 Å². The molecule has 0 bridgehead atoms. The number of alkyl halides is 1. The molecule has 0 spiro atoms. The highest BCUT2D eigenvalue weighted by Crippen LogP contribution is 2.11. The van der Waals surface area contributed by atoms with Crippen molar-refractivity contribution in [3.8, 4) is 0 Å². The molecule has 0 fully saturated rings. The number of hydrogen-bond donors (Lipinski definition) is 0. The number of methoxy groups -OCH3 is 1. The van der Waals surface area contributed by atoms with Gasteiger partial charge >= 0.3 is 0 Å². The van der Waals surface area contributed by atoms with E-state index in [4.69, 9.17) is 4.74 Å². The molecule has 0 aliphatic heterocycles. The lowest BCUT2D eigenvalue weighted by Crippen LogP contribution is -2.15. The van der Waals surface area contributed by atoms with Crippen LogP contribution in [0.1, 0.15) is 26.2 Å². The van der Waals surface area contributed by atoms with E-state index in [1.54, 1.807) is 7.11 Å². The number of ether oxygens (including phenoxy) is 1. The van der Waals surface area contributed by atoms with Gasteiger partial charge in [-0.05, 0) is 25.2 Å². The predicted octanol–water partition coefficient (Wildman–Crippen LogP) is 2.25. The number of hydrogen-bond acceptors (Lipinski definition) is 3. The van der Waals surface area contributed by atoms with Gasteiger partial charge in [-0.1, -0.05) is 22.9 Å². The summed E-state index contributed by atoms with van der Waals surface area (Å²) in [4.78, 5) is 0. The molecule has 0 amide bonds. The highest BCUT2D eigenvalue weighted by molar-refractivity contribution is 9.09. The lowest BCUT2D eigenvalue weighted by atomic mass is 10.1. The van der Waals surface area contributed by atoms with Crippen molar-refractivity contribution < 1.29 is 13.2 Å². The van der Waals surface area contributed by atoms with Crippen molar-refractivity contribution in [1.29, 1.82) is 0 Å². The van der Waals surface area contributed by atoms with E-state index < -0.39 is 9.84 Å². The Bertz CT molecular complexity index is 239. The zero-order valence-corrected chi connectivity index (χ0v) is 11.9. The Morgan fingerprint density at radius 3 is 2.47 bits per heavy atom. The highest BCUT2D eigenvalue weighted by atomic mass is 79.9. The van der Waals surface area contributed by atoms with Crippen LogP contribution in [0.5, 0.6) is 0 Å². The number of sulfone groups is 1. The standard InChI is InChI=1S/C10H21BrO3S/c1-10(4-6-11)5-9-15(12,13)8-3-7-14-2/h10H,3-9H2,1-2H3. The topological polar surface area (TPSA) is 43.4 Å². The fourth-order valence-corrected chi connectivity index (χ4v) is 3.54. The fraction of sp³-hybridized carbons (Fsp3) is 1.00. The summed E-state index contributed by atoms with van der Waals surface area (Å²) in [5.41, 5.74) is 0. The third-order valence-electron chi connectivity index (χ3n) is 2.33. The quantitative estimate of drug-likeness (QED) is 0.484. The molecule has 92 valence electrons. The van der Waals surface area contributed by atoms with Gasteiger partial charge in [0.1, 0.15) is 9.84 Å². The smallest absolute Gasteiger partial charge is 0.150 e. The van der Waals surface area contributed by atoms with Gasteiger partial charge in [-0.25, -0.2) is 8.42 Å². The molecule has 0 N–H and O–H groups in total. The monoisotopic (exact) mass is 300 g/mol. The summed E-state index contributed by atoms with van der Waals surface area (Å²) in [6, 6.07) is 0. The van der Waals surface area contributed by atoms with Gasteiger partial charge in [-0.2, -0.15) is 0 Å². The lowest BCUT2D eigenvalue weighted by molar-refractivity contribution is 0.199. The van der Waals surface area contributed by atoms with Crippen molar-refractivity contribution in [2.75, 3.05) is 30.6 Å². The summed E-state index contributed by atoms with van der Waals surface area (Å²) in [5, 5.41) is 0.942. The molecule has 0 saturated heterocycles. The van der Waals surface area contributed by atoms with Crippen LogP contribution in [-0.4, -0.2) is 39.0 Å². The first-order chi connectivity index (χ1) is 7.02. The van der Waals surface area contributed by atoms with E-state index in [1.165, 1.54) is 0 Å². The van der Waals surface area contributed by atoms with Crippen molar-refractivity contribution >= 4 is 25.8 Å². The second-order valence-corrected chi connectivity index (χ2v) is 6.97. The summed E-state index contributed by atoms with van der Waals surface area (Å²) in [6.45, 7) is 2.61. The van der Waals surface area contributed by atoms with Crippen LogP contribution < -0.4 is 0 Å². The first-order valence-electron chi connectivity index (χ1n) is 5.27. The number of rotatable bonds is 9. The summed E-state index contributed by atoms with van der Waals surface area (Å²) in [5.74, 6) is 1.04. The first-order valence-corrected chi connectivity index (χ1v) is 8.21. The normalized spacial score (nSPS) is 14.1. The van der Waals surface area contributed by atoms with Crippen molar-refractivity contribution in [3.05, 3.63) is 0 Å². The fourth-order valence-electron chi connectivity index (χ4n) is 1.24. The summed E-state index contributed by atoms with van der Waals surface area (Å²) in [6.07, 6.45) is 2.40. The minimum Gasteiger partial charge on any atom is -0.385 e. The molecule has 0 aromatic heterocycles. The molecule has 0 saturated carbocycles. The third-order valence-corrected chi connectivity index (χ3v) is 4.55. The number of halogens is 1. The molecule has 15 heavy (non-hydrogen) atoms. The minimum atomic E-state index is -2.86. The van der Waals surface area contributed by atoms with Crippen LogP contribution in [-0.2, 0) is 14.6 Å². The molecule has 0 aliphatic carbocycles. The van der Waals surface area contributed by atoms with Gasteiger partial charge in [0.15, 0.2) is 0 Å². The first kappa shape index (κ1) is 15.4. The van der Waals surface area contributed by atoms with Gasteiger partial charge in [-0.3, -0.25) is 0 Å². The van der Waals surface area contributed by atoms with Crippen molar-refractivity contribution in [1.82, 2.24) is 0 Å².